The van der Waals surface area contributed by atoms with E-state index in [1.54, 1.807) is 0 Å². The monoisotopic (exact) mass is 220 g/mol. The maximum absolute atomic E-state index is 4.25. The summed E-state index contributed by atoms with van der Waals surface area (Å²) >= 11 is 0. The van der Waals surface area contributed by atoms with Gasteiger partial charge in [-0.2, -0.15) is 0 Å². The Morgan fingerprint density at radius 1 is 1.38 bits per heavy atom. The highest BCUT2D eigenvalue weighted by atomic mass is 35.5. The fourth-order valence-corrected chi connectivity index (χ4v) is 1.44. The third kappa shape index (κ3) is 2.56. The Hall–Kier alpha value is -0.310. The molecule has 74 valence electrons. The van der Waals surface area contributed by atoms with Crippen molar-refractivity contribution in [2.45, 2.75) is 12.8 Å². The second-order valence-electron chi connectivity index (χ2n) is 3.03. The van der Waals surface area contributed by atoms with Crippen LogP contribution < -0.4 is 5.32 Å². The van der Waals surface area contributed by atoms with Crippen molar-refractivity contribution in [1.82, 2.24) is 10.3 Å². The van der Waals surface area contributed by atoms with Crippen LogP contribution in [0.2, 0.25) is 0 Å². The van der Waals surface area contributed by atoms with Crippen molar-refractivity contribution in [2.24, 2.45) is 0 Å². The second-order valence-corrected chi connectivity index (χ2v) is 3.03. The minimum atomic E-state index is 0. The van der Waals surface area contributed by atoms with Crippen molar-refractivity contribution in [3.63, 3.8) is 0 Å². The number of rotatable bonds is 1. The molecule has 2 nitrogen and oxygen atoms in total. The van der Waals surface area contributed by atoms with Crippen molar-refractivity contribution in [3.05, 3.63) is 29.6 Å². The summed E-state index contributed by atoms with van der Waals surface area (Å²) in [5.41, 5.74) is 2.59. The van der Waals surface area contributed by atoms with E-state index in [2.05, 4.69) is 23.3 Å². The molecule has 0 bridgehead atoms. The van der Waals surface area contributed by atoms with Gasteiger partial charge in [0.15, 0.2) is 0 Å². The van der Waals surface area contributed by atoms with Gasteiger partial charge in [-0.05, 0) is 18.6 Å². The minimum Gasteiger partial charge on any atom is -0.315 e. The van der Waals surface area contributed by atoms with E-state index >= 15 is 0 Å². The molecule has 1 N–H and O–H groups in total. The van der Waals surface area contributed by atoms with Gasteiger partial charge in [0.25, 0.3) is 0 Å². The van der Waals surface area contributed by atoms with Gasteiger partial charge >= 0.3 is 0 Å². The Balaban J connectivity index is 0.000000720. The highest BCUT2D eigenvalue weighted by Gasteiger charge is 2.20. The molecule has 4 heteroatoms. The molecule has 0 saturated carbocycles. The summed E-state index contributed by atoms with van der Waals surface area (Å²) in [4.78, 5) is 4.25. The summed E-state index contributed by atoms with van der Waals surface area (Å²) in [5.74, 6) is 0.712. The lowest BCUT2D eigenvalue weighted by Crippen LogP contribution is -2.40. The molecule has 1 aromatic rings. The van der Waals surface area contributed by atoms with E-state index in [0.717, 1.165) is 13.1 Å². The molecule has 1 aliphatic rings. The van der Waals surface area contributed by atoms with Gasteiger partial charge in [-0.25, -0.2) is 0 Å². The van der Waals surface area contributed by atoms with Crippen molar-refractivity contribution in [1.29, 1.82) is 0 Å². The molecule has 0 radical (unpaired) electrons. The first-order valence-corrected chi connectivity index (χ1v) is 4.00. The predicted octanol–water partition coefficient (Wildman–Crippen LogP) is 1.92. The second kappa shape index (κ2) is 5.43. The molecule has 1 aromatic heterocycles. The third-order valence-corrected chi connectivity index (χ3v) is 2.27. The van der Waals surface area contributed by atoms with E-state index in [1.165, 1.54) is 11.3 Å². The fourth-order valence-electron chi connectivity index (χ4n) is 1.44. The fraction of sp³-hybridized carbons (Fsp3) is 0.444. The summed E-state index contributed by atoms with van der Waals surface area (Å²) < 4.78 is 0. The van der Waals surface area contributed by atoms with Gasteiger partial charge in [-0.3, -0.25) is 4.98 Å². The first kappa shape index (κ1) is 12.7. The molecule has 0 aromatic carbocycles. The van der Waals surface area contributed by atoms with Gasteiger partial charge in [0, 0.05) is 30.9 Å². The van der Waals surface area contributed by atoms with Crippen LogP contribution in [0.25, 0.3) is 0 Å². The molecule has 1 fully saturated rings. The van der Waals surface area contributed by atoms with Crippen LogP contribution in [0.3, 0.4) is 0 Å². The molecule has 0 amide bonds. The first-order chi connectivity index (χ1) is 5.38. The summed E-state index contributed by atoms with van der Waals surface area (Å²) in [6.45, 7) is 4.31. The Labute approximate surface area is 91.0 Å². The Kier molecular flexibility index (Phi) is 5.30. The number of hydrogen-bond donors (Lipinski definition) is 1. The SMILES string of the molecule is Cc1ncccc1C1CNC1.Cl.Cl. The average Bonchev–Trinajstić information content (AvgIpc) is 1.90. The highest BCUT2D eigenvalue weighted by molar-refractivity contribution is 5.85. The van der Waals surface area contributed by atoms with Crippen molar-refractivity contribution in [2.75, 3.05) is 13.1 Å². The zero-order valence-corrected chi connectivity index (χ0v) is 9.12. The van der Waals surface area contributed by atoms with Crippen LogP contribution in [0.15, 0.2) is 18.3 Å². The number of hydrogen-bond acceptors (Lipinski definition) is 2. The van der Waals surface area contributed by atoms with E-state index < -0.39 is 0 Å². The number of nitrogens with one attached hydrogen (secondary N) is 1. The van der Waals surface area contributed by atoms with Crippen LogP contribution in [0, 0.1) is 6.92 Å². The summed E-state index contributed by atoms with van der Waals surface area (Å²) in [6.07, 6.45) is 1.85. The van der Waals surface area contributed by atoms with E-state index in [-0.39, 0.29) is 24.8 Å². The highest BCUT2D eigenvalue weighted by Crippen LogP contribution is 2.20. The standard InChI is InChI=1S/C9H12N2.2ClH/c1-7-9(3-2-4-11-7)8-5-10-6-8;;/h2-4,8,10H,5-6H2,1H3;2*1H. The van der Waals surface area contributed by atoms with E-state index in [0.29, 0.717) is 5.92 Å². The Bertz CT molecular complexity index is 262. The summed E-state index contributed by atoms with van der Waals surface area (Å²) in [6, 6.07) is 4.19. The van der Waals surface area contributed by atoms with Crippen LogP contribution in [0.5, 0.6) is 0 Å². The van der Waals surface area contributed by atoms with Crippen LogP contribution in [-0.4, -0.2) is 18.1 Å². The number of aromatic nitrogens is 1. The molecule has 13 heavy (non-hydrogen) atoms. The van der Waals surface area contributed by atoms with Gasteiger partial charge in [0.1, 0.15) is 0 Å². The smallest absolute Gasteiger partial charge is 0.0408 e. The Morgan fingerprint density at radius 3 is 2.54 bits per heavy atom. The average molecular weight is 221 g/mol. The number of halogens is 2. The van der Waals surface area contributed by atoms with Gasteiger partial charge in [0.2, 0.25) is 0 Å². The maximum atomic E-state index is 4.25. The van der Waals surface area contributed by atoms with Gasteiger partial charge in [-0.15, -0.1) is 24.8 Å². The number of nitrogens with zero attached hydrogens (tertiary/aromatic N) is 1. The molecular weight excluding hydrogens is 207 g/mol. The van der Waals surface area contributed by atoms with E-state index in [1.807, 2.05) is 12.3 Å². The van der Waals surface area contributed by atoms with Crippen LogP contribution in [-0.2, 0) is 0 Å². The predicted molar refractivity (Wildman–Crippen MR) is 59.1 cm³/mol. The van der Waals surface area contributed by atoms with Crippen molar-refractivity contribution < 1.29 is 0 Å². The molecule has 1 saturated heterocycles. The summed E-state index contributed by atoms with van der Waals surface area (Å²) in [5, 5.41) is 3.26. The zero-order valence-electron chi connectivity index (χ0n) is 7.49. The van der Waals surface area contributed by atoms with E-state index in [9.17, 15) is 0 Å². The van der Waals surface area contributed by atoms with Gasteiger partial charge in [0.05, 0.1) is 0 Å². The topological polar surface area (TPSA) is 24.9 Å². The van der Waals surface area contributed by atoms with Crippen LogP contribution >= 0.6 is 24.8 Å². The molecule has 0 aliphatic carbocycles. The van der Waals surface area contributed by atoms with E-state index in [4.69, 9.17) is 0 Å². The normalized spacial score (nSPS) is 15.2. The third-order valence-electron chi connectivity index (χ3n) is 2.27. The van der Waals surface area contributed by atoms with Crippen LogP contribution in [0.4, 0.5) is 0 Å². The van der Waals surface area contributed by atoms with Crippen molar-refractivity contribution in [3.8, 4) is 0 Å². The van der Waals surface area contributed by atoms with Gasteiger partial charge < -0.3 is 5.32 Å². The molecule has 0 unspecified atom stereocenters. The molecule has 1 aliphatic heterocycles. The zero-order chi connectivity index (χ0) is 7.68. The lowest BCUT2D eigenvalue weighted by atomic mass is 9.93. The lowest BCUT2D eigenvalue weighted by molar-refractivity contribution is 0.445. The number of aryl methyl sites for hydroxylation is 1. The Morgan fingerprint density at radius 2 is 2.08 bits per heavy atom. The van der Waals surface area contributed by atoms with Crippen LogP contribution in [0.1, 0.15) is 17.2 Å². The summed E-state index contributed by atoms with van der Waals surface area (Å²) in [7, 11) is 0. The molecule has 2 rings (SSSR count). The van der Waals surface area contributed by atoms with Crippen molar-refractivity contribution >= 4 is 24.8 Å². The maximum Gasteiger partial charge on any atom is 0.0408 e. The van der Waals surface area contributed by atoms with Gasteiger partial charge in [-0.1, -0.05) is 6.07 Å². The largest absolute Gasteiger partial charge is 0.315 e. The quantitative estimate of drug-likeness (QED) is 0.783. The molecule has 2 heterocycles. The molecule has 0 spiro atoms. The number of pyridine rings is 1. The molecular formula is C9H14Cl2N2. The first-order valence-electron chi connectivity index (χ1n) is 4.00. The molecule has 0 atom stereocenters. The minimum absolute atomic E-state index is 0. The lowest BCUT2D eigenvalue weighted by Gasteiger charge is -2.28.